The third-order valence-electron chi connectivity index (χ3n) is 3.75. The molecule has 1 saturated carbocycles. The van der Waals surface area contributed by atoms with Gasteiger partial charge in [-0.25, -0.2) is 0 Å². The minimum atomic E-state index is 0.216. The van der Waals surface area contributed by atoms with Gasteiger partial charge in [0.25, 0.3) is 0 Å². The minimum Gasteiger partial charge on any atom is -0.353 e. The van der Waals surface area contributed by atoms with E-state index in [-0.39, 0.29) is 11.8 Å². The first-order valence-electron chi connectivity index (χ1n) is 6.08. The molecule has 1 saturated heterocycles. The summed E-state index contributed by atoms with van der Waals surface area (Å²) in [5.41, 5.74) is 0.422. The zero-order valence-corrected chi connectivity index (χ0v) is 9.81. The predicted octanol–water partition coefficient (Wildman–Crippen LogP) is 1.29. The molecule has 1 aliphatic carbocycles. The molecule has 0 radical (unpaired) electrons. The zero-order valence-electron chi connectivity index (χ0n) is 9.81. The van der Waals surface area contributed by atoms with Crippen LogP contribution in [-0.2, 0) is 4.79 Å². The van der Waals surface area contributed by atoms with Crippen LogP contribution in [0.5, 0.6) is 0 Å². The average Bonchev–Trinajstić information content (AvgIpc) is 2.74. The van der Waals surface area contributed by atoms with Gasteiger partial charge in [-0.05, 0) is 37.6 Å². The van der Waals surface area contributed by atoms with Crippen molar-refractivity contribution in [2.45, 2.75) is 45.6 Å². The van der Waals surface area contributed by atoms with Gasteiger partial charge in [0.2, 0.25) is 5.91 Å². The Hall–Kier alpha value is -0.570. The molecule has 2 fully saturated rings. The van der Waals surface area contributed by atoms with E-state index in [9.17, 15) is 4.79 Å². The van der Waals surface area contributed by atoms with Gasteiger partial charge < -0.3 is 10.6 Å². The summed E-state index contributed by atoms with van der Waals surface area (Å²) in [5, 5.41) is 6.43. The smallest absolute Gasteiger partial charge is 0.224 e. The monoisotopic (exact) mass is 210 g/mol. The Morgan fingerprint density at radius 2 is 2.20 bits per heavy atom. The van der Waals surface area contributed by atoms with Gasteiger partial charge in [-0.15, -0.1) is 0 Å². The number of rotatable bonds is 2. The molecule has 1 heterocycles. The molecular formula is C12H22N2O. The normalized spacial score (nSPS) is 34.3. The molecule has 0 spiro atoms. The molecule has 2 rings (SSSR count). The number of carbonyl (C=O) groups excluding carboxylic acids is 1. The Kier molecular flexibility index (Phi) is 3.01. The van der Waals surface area contributed by atoms with Crippen molar-refractivity contribution in [1.29, 1.82) is 0 Å². The quantitative estimate of drug-likeness (QED) is 0.721. The Bertz CT molecular complexity index is 244. The molecule has 0 bridgehead atoms. The van der Waals surface area contributed by atoms with Crippen LogP contribution in [0.25, 0.3) is 0 Å². The number of nitrogens with one attached hydrogen (secondary N) is 2. The summed E-state index contributed by atoms with van der Waals surface area (Å²) in [7, 11) is 0. The third-order valence-corrected chi connectivity index (χ3v) is 3.75. The fraction of sp³-hybridized carbons (Fsp3) is 0.917. The summed E-state index contributed by atoms with van der Waals surface area (Å²) in [6.07, 6.45) is 4.53. The molecule has 0 aromatic carbocycles. The molecule has 0 aromatic rings. The summed E-state index contributed by atoms with van der Waals surface area (Å²) in [5.74, 6) is 0.483. The highest BCUT2D eigenvalue weighted by Crippen LogP contribution is 2.37. The molecular weight excluding hydrogens is 188 g/mol. The average molecular weight is 210 g/mol. The molecule has 0 aromatic heterocycles. The van der Waals surface area contributed by atoms with Crippen molar-refractivity contribution in [3.8, 4) is 0 Å². The van der Waals surface area contributed by atoms with Crippen LogP contribution in [0.2, 0.25) is 0 Å². The second-order valence-corrected chi connectivity index (χ2v) is 5.80. The standard InChI is InChI=1S/C12H22N2O/c1-12(2)5-3-10(7-12)14-11(15)9-4-6-13-8-9/h9-10,13H,3-8H2,1-2H3,(H,14,15). The van der Waals surface area contributed by atoms with Crippen molar-refractivity contribution in [2.24, 2.45) is 11.3 Å². The van der Waals surface area contributed by atoms with Crippen molar-refractivity contribution in [3.05, 3.63) is 0 Å². The van der Waals surface area contributed by atoms with Crippen molar-refractivity contribution < 1.29 is 4.79 Å². The van der Waals surface area contributed by atoms with Gasteiger partial charge in [0.05, 0.1) is 5.92 Å². The Balaban J connectivity index is 1.79. The van der Waals surface area contributed by atoms with Crippen LogP contribution < -0.4 is 10.6 Å². The highest BCUT2D eigenvalue weighted by Gasteiger charge is 2.33. The van der Waals surface area contributed by atoms with E-state index in [2.05, 4.69) is 24.5 Å². The first-order chi connectivity index (χ1) is 7.07. The highest BCUT2D eigenvalue weighted by atomic mass is 16.2. The van der Waals surface area contributed by atoms with Crippen LogP contribution >= 0.6 is 0 Å². The SMILES string of the molecule is CC1(C)CCC(NC(=O)C2CCNC2)C1. The van der Waals surface area contributed by atoms with Crippen molar-refractivity contribution in [1.82, 2.24) is 10.6 Å². The number of amides is 1. The third kappa shape index (κ3) is 2.71. The number of hydrogen-bond acceptors (Lipinski definition) is 2. The molecule has 2 unspecified atom stereocenters. The van der Waals surface area contributed by atoms with Crippen molar-refractivity contribution in [2.75, 3.05) is 13.1 Å². The van der Waals surface area contributed by atoms with E-state index in [1.54, 1.807) is 0 Å². The lowest BCUT2D eigenvalue weighted by Gasteiger charge is -2.19. The lowest BCUT2D eigenvalue weighted by molar-refractivity contribution is -0.125. The maximum atomic E-state index is 11.9. The van der Waals surface area contributed by atoms with Crippen LogP contribution in [0.3, 0.4) is 0 Å². The van der Waals surface area contributed by atoms with E-state index in [0.29, 0.717) is 11.5 Å². The molecule has 2 N–H and O–H groups in total. The highest BCUT2D eigenvalue weighted by molar-refractivity contribution is 5.79. The van der Waals surface area contributed by atoms with Crippen LogP contribution in [0.4, 0.5) is 0 Å². The summed E-state index contributed by atoms with van der Waals surface area (Å²) >= 11 is 0. The van der Waals surface area contributed by atoms with Crippen LogP contribution in [0, 0.1) is 11.3 Å². The molecule has 2 atom stereocenters. The van der Waals surface area contributed by atoms with Crippen LogP contribution in [0.15, 0.2) is 0 Å². The maximum Gasteiger partial charge on any atom is 0.224 e. The Morgan fingerprint density at radius 3 is 2.73 bits per heavy atom. The fourth-order valence-electron chi connectivity index (χ4n) is 2.76. The summed E-state index contributed by atoms with van der Waals surface area (Å²) in [4.78, 5) is 11.9. The van der Waals surface area contributed by atoms with E-state index in [0.717, 1.165) is 32.4 Å². The van der Waals surface area contributed by atoms with Crippen molar-refractivity contribution >= 4 is 5.91 Å². The van der Waals surface area contributed by atoms with Gasteiger partial charge in [0.1, 0.15) is 0 Å². The number of carbonyl (C=O) groups is 1. The molecule has 3 heteroatoms. The second-order valence-electron chi connectivity index (χ2n) is 5.80. The van der Waals surface area contributed by atoms with Crippen LogP contribution in [-0.4, -0.2) is 25.0 Å². The molecule has 86 valence electrons. The lowest BCUT2D eigenvalue weighted by Crippen LogP contribution is -2.38. The van der Waals surface area contributed by atoms with Gasteiger partial charge in [-0.3, -0.25) is 4.79 Å². The van der Waals surface area contributed by atoms with Gasteiger partial charge in [0, 0.05) is 12.6 Å². The minimum absolute atomic E-state index is 0.216. The summed E-state index contributed by atoms with van der Waals surface area (Å²) in [6, 6.07) is 0.424. The molecule has 1 aliphatic heterocycles. The first-order valence-corrected chi connectivity index (χ1v) is 6.08. The predicted molar refractivity (Wildman–Crippen MR) is 60.5 cm³/mol. The van der Waals surface area contributed by atoms with Gasteiger partial charge in [0.15, 0.2) is 0 Å². The zero-order chi connectivity index (χ0) is 10.9. The largest absolute Gasteiger partial charge is 0.353 e. The van der Waals surface area contributed by atoms with Crippen molar-refractivity contribution in [3.63, 3.8) is 0 Å². The van der Waals surface area contributed by atoms with E-state index in [1.165, 1.54) is 6.42 Å². The van der Waals surface area contributed by atoms with Gasteiger partial charge >= 0.3 is 0 Å². The van der Waals surface area contributed by atoms with E-state index in [1.807, 2.05) is 0 Å². The Morgan fingerprint density at radius 1 is 1.40 bits per heavy atom. The lowest BCUT2D eigenvalue weighted by atomic mass is 9.92. The van der Waals surface area contributed by atoms with Gasteiger partial charge in [-0.2, -0.15) is 0 Å². The molecule has 3 nitrogen and oxygen atoms in total. The number of hydrogen-bond donors (Lipinski definition) is 2. The maximum absolute atomic E-state index is 11.9. The van der Waals surface area contributed by atoms with Crippen LogP contribution in [0.1, 0.15) is 39.5 Å². The van der Waals surface area contributed by atoms with Gasteiger partial charge in [-0.1, -0.05) is 13.8 Å². The van der Waals surface area contributed by atoms with E-state index < -0.39 is 0 Å². The van der Waals surface area contributed by atoms with E-state index >= 15 is 0 Å². The second kappa shape index (κ2) is 4.12. The molecule has 2 aliphatic rings. The Labute approximate surface area is 92.0 Å². The first kappa shape index (κ1) is 10.9. The van der Waals surface area contributed by atoms with E-state index in [4.69, 9.17) is 0 Å². The molecule has 1 amide bonds. The summed E-state index contributed by atoms with van der Waals surface area (Å²) < 4.78 is 0. The topological polar surface area (TPSA) is 41.1 Å². The molecule has 15 heavy (non-hydrogen) atoms. The fourth-order valence-corrected chi connectivity index (χ4v) is 2.76. The summed E-state index contributed by atoms with van der Waals surface area (Å²) in [6.45, 7) is 6.43.